The van der Waals surface area contributed by atoms with Crippen LogP contribution in [0.3, 0.4) is 0 Å². The summed E-state index contributed by atoms with van der Waals surface area (Å²) < 4.78 is 60.3. The summed E-state index contributed by atoms with van der Waals surface area (Å²) in [6.45, 7) is 6.55. The average Bonchev–Trinajstić information content (AvgIpc) is 2.61. The molecule has 1 aliphatic rings. The molecule has 0 aliphatic carbocycles. The third-order valence-electron chi connectivity index (χ3n) is 2.98. The molecule has 0 N–H and O–H groups in total. The number of rotatable bonds is 3. The fourth-order valence-corrected chi connectivity index (χ4v) is 1.86. The zero-order valence-corrected chi connectivity index (χ0v) is 11.5. The van der Waals surface area contributed by atoms with Crippen LogP contribution >= 0.6 is 0 Å². The Balaban J connectivity index is 0.000000331. The van der Waals surface area contributed by atoms with Gasteiger partial charge < -0.3 is 9.04 Å². The lowest BCUT2D eigenvalue weighted by Gasteiger charge is -2.28. The van der Waals surface area contributed by atoms with Crippen molar-refractivity contribution >= 4 is 10.1 Å². The van der Waals surface area contributed by atoms with E-state index >= 15 is 0 Å². The number of nitrogens with zero attached hydrogens (tertiary/aromatic N) is 1. The molecule has 0 aromatic heterocycles. The van der Waals surface area contributed by atoms with Crippen molar-refractivity contribution in [1.82, 2.24) is 0 Å². The molecule has 1 fully saturated rings. The van der Waals surface area contributed by atoms with Crippen LogP contribution in [0.2, 0.25) is 0 Å². The second kappa shape index (κ2) is 6.72. The maximum Gasteiger partial charge on any atom is 0.485 e. The van der Waals surface area contributed by atoms with E-state index in [1.165, 1.54) is 49.8 Å². The minimum atomic E-state index is -6.09. The van der Waals surface area contributed by atoms with Crippen molar-refractivity contribution < 1.29 is 30.6 Å². The monoisotopic (exact) mass is 291 g/mol. The molecule has 8 heteroatoms. The van der Waals surface area contributed by atoms with Gasteiger partial charge in [0.2, 0.25) is 0 Å². The van der Waals surface area contributed by atoms with Gasteiger partial charge in [0.15, 0.2) is 10.1 Å². The normalized spacial score (nSPS) is 19.2. The summed E-state index contributed by atoms with van der Waals surface area (Å²) >= 11 is 0. The van der Waals surface area contributed by atoms with E-state index in [9.17, 15) is 13.2 Å². The molecular formula is C10H20F3NO3S. The number of likely N-dealkylation sites (tertiary alicyclic amines) is 1. The molecule has 0 aromatic rings. The summed E-state index contributed by atoms with van der Waals surface area (Å²) in [5.74, 6) is 0. The Hall–Kier alpha value is -0.340. The Labute approximate surface area is 106 Å². The summed E-state index contributed by atoms with van der Waals surface area (Å²) in [5.41, 5.74) is -5.65. The van der Waals surface area contributed by atoms with Crippen molar-refractivity contribution in [3.05, 3.63) is 0 Å². The lowest BCUT2D eigenvalue weighted by Crippen LogP contribution is -2.41. The highest BCUT2D eigenvalue weighted by Crippen LogP contribution is 2.20. The molecule has 0 radical (unpaired) electrons. The van der Waals surface area contributed by atoms with Crippen molar-refractivity contribution in [2.45, 2.75) is 38.1 Å². The molecule has 1 rings (SSSR count). The van der Waals surface area contributed by atoms with Crippen LogP contribution in [0.15, 0.2) is 0 Å². The Morgan fingerprint density at radius 3 is 1.89 bits per heavy atom. The molecule has 0 unspecified atom stereocenters. The molecule has 4 nitrogen and oxygen atoms in total. The zero-order valence-electron chi connectivity index (χ0n) is 10.7. The van der Waals surface area contributed by atoms with Crippen molar-refractivity contribution in [2.24, 2.45) is 0 Å². The van der Waals surface area contributed by atoms with Gasteiger partial charge >= 0.3 is 5.51 Å². The fourth-order valence-electron chi connectivity index (χ4n) is 1.86. The van der Waals surface area contributed by atoms with Gasteiger partial charge in [-0.2, -0.15) is 13.2 Å². The van der Waals surface area contributed by atoms with Crippen LogP contribution in [0, 0.1) is 0 Å². The molecule has 0 saturated carbocycles. The van der Waals surface area contributed by atoms with E-state index < -0.39 is 15.6 Å². The van der Waals surface area contributed by atoms with E-state index in [4.69, 9.17) is 13.0 Å². The standard InChI is InChI=1S/C9H20N.CHF3O3S/c1-3-4-7-10(2)8-5-6-9-10;2-1(3,4)8(5,6)7/h3-9H2,1-2H3;(H,5,6,7)/q+1;/p-1. The van der Waals surface area contributed by atoms with Crippen molar-refractivity contribution in [2.75, 3.05) is 26.7 Å². The first-order valence-electron chi connectivity index (χ1n) is 5.87. The van der Waals surface area contributed by atoms with Gasteiger partial charge in [-0.1, -0.05) is 13.3 Å². The summed E-state index contributed by atoms with van der Waals surface area (Å²) in [4.78, 5) is 0. The van der Waals surface area contributed by atoms with Crippen LogP contribution in [-0.2, 0) is 10.1 Å². The first kappa shape index (κ1) is 17.7. The first-order valence-corrected chi connectivity index (χ1v) is 7.28. The molecule has 0 aromatic carbocycles. The van der Waals surface area contributed by atoms with Crippen LogP contribution in [0.4, 0.5) is 13.2 Å². The van der Waals surface area contributed by atoms with Crippen molar-refractivity contribution in [3.8, 4) is 0 Å². The molecule has 0 spiro atoms. The topological polar surface area (TPSA) is 57.2 Å². The number of quaternary nitrogens is 1. The number of alkyl halides is 3. The third kappa shape index (κ3) is 6.55. The Morgan fingerprint density at radius 1 is 1.22 bits per heavy atom. The van der Waals surface area contributed by atoms with Gasteiger partial charge in [-0.05, 0) is 6.42 Å². The van der Waals surface area contributed by atoms with Crippen LogP contribution in [-0.4, -0.2) is 49.6 Å². The van der Waals surface area contributed by atoms with Crippen molar-refractivity contribution in [1.29, 1.82) is 0 Å². The van der Waals surface area contributed by atoms with Gasteiger partial charge in [-0.25, -0.2) is 8.42 Å². The minimum Gasteiger partial charge on any atom is -0.741 e. The summed E-state index contributed by atoms with van der Waals surface area (Å²) in [5, 5.41) is 0. The predicted octanol–water partition coefficient (Wildman–Crippen LogP) is 2.08. The Morgan fingerprint density at radius 2 is 1.61 bits per heavy atom. The molecule has 18 heavy (non-hydrogen) atoms. The van der Waals surface area contributed by atoms with Crippen LogP contribution in [0.5, 0.6) is 0 Å². The lowest BCUT2D eigenvalue weighted by atomic mass is 10.3. The van der Waals surface area contributed by atoms with Gasteiger partial charge in [0.25, 0.3) is 0 Å². The van der Waals surface area contributed by atoms with E-state index in [-0.39, 0.29) is 0 Å². The molecular weight excluding hydrogens is 271 g/mol. The number of halogens is 3. The van der Waals surface area contributed by atoms with Crippen LogP contribution in [0.1, 0.15) is 32.6 Å². The largest absolute Gasteiger partial charge is 0.741 e. The Bertz CT molecular complexity index is 335. The lowest BCUT2D eigenvalue weighted by molar-refractivity contribution is -0.897. The molecule has 110 valence electrons. The van der Waals surface area contributed by atoms with E-state index in [2.05, 4.69) is 14.0 Å². The summed E-state index contributed by atoms with van der Waals surface area (Å²) in [6.07, 6.45) is 5.69. The third-order valence-corrected chi connectivity index (χ3v) is 3.55. The van der Waals surface area contributed by atoms with Crippen LogP contribution < -0.4 is 0 Å². The second-order valence-electron chi connectivity index (χ2n) is 4.75. The van der Waals surface area contributed by atoms with E-state index in [1.807, 2.05) is 0 Å². The highest BCUT2D eigenvalue weighted by atomic mass is 32.2. The van der Waals surface area contributed by atoms with Gasteiger partial charge in [-0.3, -0.25) is 0 Å². The van der Waals surface area contributed by atoms with E-state index in [1.54, 1.807) is 0 Å². The molecule has 1 heterocycles. The van der Waals surface area contributed by atoms with Gasteiger partial charge in [0, 0.05) is 12.8 Å². The maximum absolute atomic E-state index is 10.7. The van der Waals surface area contributed by atoms with Gasteiger partial charge in [-0.15, -0.1) is 0 Å². The Kier molecular flexibility index (Phi) is 6.59. The second-order valence-corrected chi connectivity index (χ2v) is 6.12. The summed E-state index contributed by atoms with van der Waals surface area (Å²) in [6, 6.07) is 0. The first-order chi connectivity index (χ1) is 8.02. The van der Waals surface area contributed by atoms with Gasteiger partial charge in [0.05, 0.1) is 26.7 Å². The highest BCUT2D eigenvalue weighted by Gasteiger charge is 2.36. The highest BCUT2D eigenvalue weighted by molar-refractivity contribution is 7.86. The van der Waals surface area contributed by atoms with E-state index in [0.29, 0.717) is 0 Å². The number of unbranched alkanes of at least 4 members (excludes halogenated alkanes) is 1. The number of hydrogen-bond donors (Lipinski definition) is 0. The SMILES string of the molecule is CCCC[N+]1(C)CCCC1.O=S(=O)([O-])C(F)(F)F. The molecule has 0 amide bonds. The zero-order chi connectivity index (χ0) is 14.4. The van der Waals surface area contributed by atoms with Crippen molar-refractivity contribution in [3.63, 3.8) is 0 Å². The summed E-state index contributed by atoms with van der Waals surface area (Å²) in [7, 11) is -3.68. The number of hydrogen-bond acceptors (Lipinski definition) is 3. The van der Waals surface area contributed by atoms with E-state index in [0.717, 1.165) is 0 Å². The molecule has 0 bridgehead atoms. The van der Waals surface area contributed by atoms with Gasteiger partial charge in [0.1, 0.15) is 0 Å². The molecule has 0 atom stereocenters. The minimum absolute atomic E-state index is 1.36. The van der Waals surface area contributed by atoms with Crippen LogP contribution in [0.25, 0.3) is 0 Å². The fraction of sp³-hybridized carbons (Fsp3) is 1.00. The smallest absolute Gasteiger partial charge is 0.485 e. The quantitative estimate of drug-likeness (QED) is 0.454. The average molecular weight is 291 g/mol. The molecule has 1 aliphatic heterocycles. The predicted molar refractivity (Wildman–Crippen MR) is 60.7 cm³/mol. The maximum atomic E-state index is 10.7. The molecule has 1 saturated heterocycles.